The molecule has 9 atom stereocenters. The van der Waals surface area contributed by atoms with Crippen LogP contribution in [0.4, 0.5) is 0 Å². The Hall–Kier alpha value is -3.24. The van der Waals surface area contributed by atoms with Crippen molar-refractivity contribution in [2.24, 2.45) is 28.1 Å². The summed E-state index contributed by atoms with van der Waals surface area (Å²) in [6, 6.07) is 0. The number of ketones is 1. The third-order valence-corrected chi connectivity index (χ3v) is 10.1. The molecule has 1 spiro atoms. The summed E-state index contributed by atoms with van der Waals surface area (Å²) < 4.78 is 29.5. The summed E-state index contributed by atoms with van der Waals surface area (Å²) in [7, 11) is 0. The van der Waals surface area contributed by atoms with Gasteiger partial charge in [0, 0.05) is 57.9 Å². The summed E-state index contributed by atoms with van der Waals surface area (Å²) in [6.07, 6.45) is -3.36. The molecule has 2 bridgehead atoms. The second kappa shape index (κ2) is 9.94. The average Bonchev–Trinajstić information content (AvgIpc) is 2.91. The fourth-order valence-electron chi connectivity index (χ4n) is 9.09. The van der Waals surface area contributed by atoms with Crippen molar-refractivity contribution in [1.29, 1.82) is 0 Å². The molecule has 0 aromatic heterocycles. The first-order valence-electron chi connectivity index (χ1n) is 14.0. The Kier molecular flexibility index (Phi) is 7.45. The van der Waals surface area contributed by atoms with Gasteiger partial charge in [-0.05, 0) is 30.6 Å². The van der Waals surface area contributed by atoms with E-state index in [0.717, 1.165) is 13.8 Å². The van der Waals surface area contributed by atoms with Crippen molar-refractivity contribution < 1.29 is 52.5 Å². The van der Waals surface area contributed by atoms with Crippen LogP contribution in [0.1, 0.15) is 81.1 Å². The molecule has 0 amide bonds. The molecule has 11 heteroatoms. The van der Waals surface area contributed by atoms with E-state index >= 15 is 0 Å². The number of hydrogen-bond acceptors (Lipinski definition) is 11. The van der Waals surface area contributed by atoms with E-state index < -0.39 is 82.4 Å². The fourth-order valence-corrected chi connectivity index (χ4v) is 9.09. The summed E-state index contributed by atoms with van der Waals surface area (Å²) in [5, 5.41) is 0. The van der Waals surface area contributed by atoms with Crippen molar-refractivity contribution in [3.05, 3.63) is 12.2 Å². The van der Waals surface area contributed by atoms with Gasteiger partial charge in [0.05, 0.1) is 0 Å². The summed E-state index contributed by atoms with van der Waals surface area (Å²) >= 11 is 0. The predicted octanol–water partition coefficient (Wildman–Crippen LogP) is 3.01. The molecule has 226 valence electrons. The van der Waals surface area contributed by atoms with Crippen molar-refractivity contribution in [2.75, 3.05) is 0 Å². The van der Waals surface area contributed by atoms with Gasteiger partial charge in [0.1, 0.15) is 23.7 Å². The standard InChI is InChI=1S/C30H40O11/c1-14-25(36)30-23(39-17(4)33)12-21-27(7,8)11-10-22(38-16(3)32)28(21,9)24(30)20(37-15(2)31)13-29(14,41-19(6)35)26(30)40-18(5)34/h20-24,26H,1,10-13H2,2-9H3/t20-,21+,22+,23+,24+,26-,28-,29+,30-/m0/s1. The topological polar surface area (TPSA) is 149 Å². The number of ether oxygens (including phenoxy) is 5. The number of rotatable bonds is 5. The molecule has 4 fully saturated rings. The van der Waals surface area contributed by atoms with Gasteiger partial charge < -0.3 is 23.7 Å². The van der Waals surface area contributed by atoms with Gasteiger partial charge in [-0.25, -0.2) is 0 Å². The normalized spacial score (nSPS) is 40.4. The van der Waals surface area contributed by atoms with E-state index in [4.69, 9.17) is 23.7 Å². The van der Waals surface area contributed by atoms with Gasteiger partial charge >= 0.3 is 29.8 Å². The monoisotopic (exact) mass is 576 g/mol. The smallest absolute Gasteiger partial charge is 0.303 e. The highest BCUT2D eigenvalue weighted by molar-refractivity contribution is 6.07. The Morgan fingerprint density at radius 1 is 0.780 bits per heavy atom. The maximum atomic E-state index is 14.7. The van der Waals surface area contributed by atoms with Crippen molar-refractivity contribution >= 4 is 35.6 Å². The predicted molar refractivity (Wildman–Crippen MR) is 141 cm³/mol. The van der Waals surface area contributed by atoms with E-state index in [2.05, 4.69) is 20.4 Å². The van der Waals surface area contributed by atoms with Crippen LogP contribution in [0, 0.1) is 28.1 Å². The highest BCUT2D eigenvalue weighted by atomic mass is 16.6. The molecule has 0 unspecified atom stereocenters. The van der Waals surface area contributed by atoms with Gasteiger partial charge in [0.2, 0.25) is 0 Å². The lowest BCUT2D eigenvalue weighted by atomic mass is 9.38. The molecule has 0 aromatic carbocycles. The van der Waals surface area contributed by atoms with Gasteiger partial charge in [-0.1, -0.05) is 27.4 Å². The molecule has 4 rings (SSSR count). The van der Waals surface area contributed by atoms with Crippen LogP contribution in [-0.4, -0.2) is 65.6 Å². The van der Waals surface area contributed by atoms with E-state index in [-0.39, 0.29) is 29.7 Å². The minimum absolute atomic E-state index is 0.142. The third kappa shape index (κ3) is 4.37. The molecule has 0 radical (unpaired) electrons. The minimum atomic E-state index is -1.88. The highest BCUT2D eigenvalue weighted by Gasteiger charge is 2.85. The van der Waals surface area contributed by atoms with E-state index in [1.54, 1.807) is 0 Å². The van der Waals surface area contributed by atoms with Gasteiger partial charge in [-0.3, -0.25) is 28.8 Å². The molecule has 0 heterocycles. The second-order valence-corrected chi connectivity index (χ2v) is 12.9. The molecule has 0 N–H and O–H groups in total. The van der Waals surface area contributed by atoms with Crippen LogP contribution in [0.25, 0.3) is 0 Å². The quantitative estimate of drug-likeness (QED) is 0.270. The van der Waals surface area contributed by atoms with Gasteiger partial charge in [0.15, 0.2) is 17.5 Å². The van der Waals surface area contributed by atoms with Crippen LogP contribution in [-0.2, 0) is 52.5 Å². The lowest BCUT2D eigenvalue weighted by molar-refractivity contribution is -0.299. The van der Waals surface area contributed by atoms with Crippen molar-refractivity contribution in [1.82, 2.24) is 0 Å². The van der Waals surface area contributed by atoms with E-state index in [0.29, 0.717) is 12.8 Å². The van der Waals surface area contributed by atoms with Crippen LogP contribution in [0.2, 0.25) is 0 Å². The van der Waals surface area contributed by atoms with Crippen LogP contribution < -0.4 is 0 Å². The number of fused-ring (bicyclic) bond motifs is 3. The van der Waals surface area contributed by atoms with E-state index in [9.17, 15) is 28.8 Å². The summed E-state index contributed by atoms with van der Waals surface area (Å²) in [5.74, 6) is -5.25. The molecule has 4 saturated carbocycles. The molecule has 4 aliphatic carbocycles. The molecular weight excluding hydrogens is 536 g/mol. The molecular formula is C30H40O11. The molecule has 0 saturated heterocycles. The zero-order valence-electron chi connectivity index (χ0n) is 25.0. The molecule has 11 nitrogen and oxygen atoms in total. The molecule has 0 aliphatic heterocycles. The second-order valence-electron chi connectivity index (χ2n) is 12.9. The number of Topliss-reactive ketones (excluding diaryl/α,β-unsaturated/α-hetero) is 1. The van der Waals surface area contributed by atoms with Crippen LogP contribution in [0.5, 0.6) is 0 Å². The summed E-state index contributed by atoms with van der Waals surface area (Å²) in [5.41, 5.74) is -5.30. The Bertz CT molecular complexity index is 1220. The Labute approximate surface area is 239 Å². The minimum Gasteiger partial charge on any atom is -0.462 e. The number of carbonyl (C=O) groups is 6. The zero-order valence-corrected chi connectivity index (χ0v) is 25.0. The van der Waals surface area contributed by atoms with Crippen molar-refractivity contribution in [3.8, 4) is 0 Å². The van der Waals surface area contributed by atoms with Crippen LogP contribution >= 0.6 is 0 Å². The van der Waals surface area contributed by atoms with Gasteiger partial charge in [-0.15, -0.1) is 0 Å². The Morgan fingerprint density at radius 3 is 1.83 bits per heavy atom. The first-order chi connectivity index (χ1) is 18.8. The molecule has 41 heavy (non-hydrogen) atoms. The zero-order chi connectivity index (χ0) is 30.9. The third-order valence-electron chi connectivity index (χ3n) is 10.1. The first kappa shape index (κ1) is 30.7. The first-order valence-corrected chi connectivity index (χ1v) is 14.0. The molecule has 0 aromatic rings. The number of esters is 5. The summed E-state index contributed by atoms with van der Waals surface area (Å²) in [4.78, 5) is 77.5. The largest absolute Gasteiger partial charge is 0.462 e. The fraction of sp³-hybridized carbons (Fsp3) is 0.733. The van der Waals surface area contributed by atoms with Crippen LogP contribution in [0.15, 0.2) is 12.2 Å². The number of hydrogen-bond donors (Lipinski definition) is 0. The van der Waals surface area contributed by atoms with Gasteiger partial charge in [0.25, 0.3) is 0 Å². The lowest BCUT2D eigenvalue weighted by Gasteiger charge is -2.68. The van der Waals surface area contributed by atoms with E-state index in [1.807, 2.05) is 6.92 Å². The average molecular weight is 577 g/mol. The highest BCUT2D eigenvalue weighted by Crippen LogP contribution is 2.74. The molecule has 4 aliphatic rings. The Morgan fingerprint density at radius 2 is 1.32 bits per heavy atom. The van der Waals surface area contributed by atoms with E-state index in [1.165, 1.54) is 20.8 Å². The van der Waals surface area contributed by atoms with Crippen LogP contribution in [0.3, 0.4) is 0 Å². The lowest BCUT2D eigenvalue weighted by Crippen LogP contribution is -2.76. The maximum absolute atomic E-state index is 14.7. The Balaban J connectivity index is 2.13. The van der Waals surface area contributed by atoms with Crippen molar-refractivity contribution in [3.63, 3.8) is 0 Å². The van der Waals surface area contributed by atoms with Gasteiger partial charge in [-0.2, -0.15) is 0 Å². The number of carbonyl (C=O) groups excluding carboxylic acids is 6. The maximum Gasteiger partial charge on any atom is 0.303 e. The summed E-state index contributed by atoms with van der Waals surface area (Å²) in [6.45, 7) is 16.1. The van der Waals surface area contributed by atoms with Crippen molar-refractivity contribution in [2.45, 2.75) is 111 Å². The SMILES string of the molecule is C=C1C(=O)[C@]23[C@H]([C@@H](OC(C)=O)C[C@]1(OC(C)=O)[C@@H]2OC(C)=O)[C@@]1(C)[C@H](C[C@H]3OC(C)=O)C(C)(C)CC[C@H]1OC(C)=O.